The molecule has 0 spiro atoms. The van der Waals surface area contributed by atoms with E-state index in [0.29, 0.717) is 12.8 Å². The molecule has 0 saturated heterocycles. The normalized spacial score (nSPS) is 11.0. The fourth-order valence-corrected chi connectivity index (χ4v) is 6.61. The summed E-state index contributed by atoms with van der Waals surface area (Å²) in [5.74, 6) is 0.534. The predicted octanol–water partition coefficient (Wildman–Crippen LogP) is 9.61. The summed E-state index contributed by atoms with van der Waals surface area (Å²) in [7, 11) is 0. The van der Waals surface area contributed by atoms with Crippen LogP contribution >= 0.6 is 11.8 Å². The molecule has 0 amide bonds. The van der Waals surface area contributed by atoms with Gasteiger partial charge in [-0.25, -0.2) is 0 Å². The van der Waals surface area contributed by atoms with Crippen LogP contribution in [-0.2, 0) is 25.7 Å². The second-order valence-corrected chi connectivity index (χ2v) is 12.0. The molecule has 0 unspecified atom stereocenters. The lowest BCUT2D eigenvalue weighted by Crippen LogP contribution is -1.97. The quantitative estimate of drug-likeness (QED) is 0.170. The van der Waals surface area contributed by atoms with Crippen LogP contribution in [0.2, 0.25) is 0 Å². The average Bonchev–Trinajstić information content (AvgIpc) is 3.03. The van der Waals surface area contributed by atoms with Gasteiger partial charge in [-0.1, -0.05) is 145 Å². The van der Waals surface area contributed by atoms with Gasteiger partial charge in [0.2, 0.25) is 0 Å². The minimum Gasteiger partial charge on any atom is -0.506 e. The van der Waals surface area contributed by atoms with Gasteiger partial charge in [-0.2, -0.15) is 0 Å². The standard InChI is InChI=1S/C40H34O2S/c41-39-35(23-31-17-9-3-10-18-31)25-33(21-29-13-5-1-6-14-29)27-37(39)43-38-28-34(22-30-15-7-2-8-16-30)26-36(40(38)42)24-32-19-11-4-12-20-32/h1-20,25-28,41-42H,21-24H2. The largest absolute Gasteiger partial charge is 0.506 e. The zero-order valence-corrected chi connectivity index (χ0v) is 24.8. The van der Waals surface area contributed by atoms with Crippen LogP contribution in [0, 0.1) is 0 Å². The predicted molar refractivity (Wildman–Crippen MR) is 177 cm³/mol. The van der Waals surface area contributed by atoms with Gasteiger partial charge in [0.15, 0.2) is 0 Å². The highest BCUT2D eigenvalue weighted by atomic mass is 32.2. The maximum absolute atomic E-state index is 11.6. The first-order chi connectivity index (χ1) is 21.1. The summed E-state index contributed by atoms with van der Waals surface area (Å²) in [5.41, 5.74) is 8.73. The summed E-state index contributed by atoms with van der Waals surface area (Å²) >= 11 is 1.44. The first-order valence-electron chi connectivity index (χ1n) is 14.6. The topological polar surface area (TPSA) is 40.5 Å². The van der Waals surface area contributed by atoms with E-state index in [9.17, 15) is 10.2 Å². The Morgan fingerprint density at radius 1 is 0.349 bits per heavy atom. The SMILES string of the molecule is Oc1c(Cc2ccccc2)cc(Cc2ccccc2)cc1Sc1cc(Cc2ccccc2)cc(Cc2ccccc2)c1O. The van der Waals surface area contributed by atoms with E-state index < -0.39 is 0 Å². The summed E-state index contributed by atoms with van der Waals surface area (Å²) in [6, 6.07) is 49.7. The van der Waals surface area contributed by atoms with E-state index in [-0.39, 0.29) is 11.5 Å². The molecule has 0 heterocycles. The number of aromatic hydroxyl groups is 2. The Hall–Kier alpha value is -4.73. The van der Waals surface area contributed by atoms with E-state index in [1.165, 1.54) is 22.9 Å². The lowest BCUT2D eigenvalue weighted by molar-refractivity contribution is 0.453. The molecular formula is C40H34O2S. The van der Waals surface area contributed by atoms with Crippen molar-refractivity contribution in [2.75, 3.05) is 0 Å². The second kappa shape index (κ2) is 13.5. The van der Waals surface area contributed by atoms with Gasteiger partial charge in [-0.05, 0) is 69.5 Å². The number of phenols is 2. The van der Waals surface area contributed by atoms with Gasteiger partial charge in [0.05, 0.1) is 9.79 Å². The fraction of sp³-hybridized carbons (Fsp3) is 0.100. The van der Waals surface area contributed by atoms with Crippen LogP contribution in [0.15, 0.2) is 155 Å². The van der Waals surface area contributed by atoms with Crippen molar-refractivity contribution in [3.05, 3.63) is 190 Å². The zero-order chi connectivity index (χ0) is 29.4. The van der Waals surface area contributed by atoms with E-state index in [0.717, 1.165) is 56.0 Å². The Balaban J connectivity index is 1.40. The second-order valence-electron chi connectivity index (χ2n) is 11.0. The molecule has 0 atom stereocenters. The van der Waals surface area contributed by atoms with E-state index in [1.807, 2.05) is 48.5 Å². The molecule has 0 radical (unpaired) electrons. The van der Waals surface area contributed by atoms with Crippen molar-refractivity contribution in [3.8, 4) is 11.5 Å². The summed E-state index contributed by atoms with van der Waals surface area (Å²) < 4.78 is 0. The van der Waals surface area contributed by atoms with Crippen LogP contribution in [-0.4, -0.2) is 10.2 Å². The molecule has 0 aliphatic carbocycles. The van der Waals surface area contributed by atoms with Gasteiger partial charge < -0.3 is 10.2 Å². The summed E-state index contributed by atoms with van der Waals surface area (Å²) in [6.45, 7) is 0. The Morgan fingerprint density at radius 2 is 0.651 bits per heavy atom. The molecule has 2 N–H and O–H groups in total. The monoisotopic (exact) mass is 578 g/mol. The van der Waals surface area contributed by atoms with Gasteiger partial charge >= 0.3 is 0 Å². The van der Waals surface area contributed by atoms with Crippen LogP contribution < -0.4 is 0 Å². The van der Waals surface area contributed by atoms with Crippen LogP contribution in [0.1, 0.15) is 44.5 Å². The fourth-order valence-electron chi connectivity index (χ4n) is 5.50. The van der Waals surface area contributed by atoms with Gasteiger partial charge in [-0.3, -0.25) is 0 Å². The highest BCUT2D eigenvalue weighted by Gasteiger charge is 2.18. The van der Waals surface area contributed by atoms with Crippen molar-refractivity contribution >= 4 is 11.8 Å². The number of rotatable bonds is 10. The third-order valence-electron chi connectivity index (χ3n) is 7.62. The molecule has 212 valence electrons. The first kappa shape index (κ1) is 28.4. The summed E-state index contributed by atoms with van der Waals surface area (Å²) in [6.07, 6.45) is 2.77. The molecule has 6 rings (SSSR count). The number of hydrogen-bond donors (Lipinski definition) is 2. The third kappa shape index (κ3) is 7.38. The van der Waals surface area contributed by atoms with Crippen molar-refractivity contribution in [3.63, 3.8) is 0 Å². The van der Waals surface area contributed by atoms with Crippen molar-refractivity contribution in [1.82, 2.24) is 0 Å². The maximum atomic E-state index is 11.6. The molecule has 0 aliphatic heterocycles. The van der Waals surface area contributed by atoms with Crippen molar-refractivity contribution < 1.29 is 10.2 Å². The lowest BCUT2D eigenvalue weighted by Gasteiger charge is -2.17. The molecule has 43 heavy (non-hydrogen) atoms. The molecule has 2 nitrogen and oxygen atoms in total. The third-order valence-corrected chi connectivity index (χ3v) is 8.69. The number of phenolic OH excluding ortho intramolecular Hbond substituents is 2. The Bertz CT molecular complexity index is 1650. The Kier molecular flexibility index (Phi) is 8.91. The first-order valence-corrected chi connectivity index (χ1v) is 15.5. The lowest BCUT2D eigenvalue weighted by atomic mass is 9.98. The average molecular weight is 579 g/mol. The highest BCUT2D eigenvalue weighted by molar-refractivity contribution is 7.99. The van der Waals surface area contributed by atoms with Crippen molar-refractivity contribution in [2.45, 2.75) is 35.5 Å². The van der Waals surface area contributed by atoms with Crippen LogP contribution in [0.5, 0.6) is 11.5 Å². The van der Waals surface area contributed by atoms with Crippen LogP contribution in [0.4, 0.5) is 0 Å². The molecule has 0 saturated carbocycles. The minimum atomic E-state index is 0.267. The minimum absolute atomic E-state index is 0.267. The van der Waals surface area contributed by atoms with Crippen molar-refractivity contribution in [1.29, 1.82) is 0 Å². The van der Waals surface area contributed by atoms with Gasteiger partial charge in [-0.15, -0.1) is 0 Å². The van der Waals surface area contributed by atoms with Crippen LogP contribution in [0.25, 0.3) is 0 Å². The molecule has 6 aromatic carbocycles. The zero-order valence-electron chi connectivity index (χ0n) is 24.0. The number of benzene rings is 6. The van der Waals surface area contributed by atoms with E-state index in [4.69, 9.17) is 0 Å². The smallest absolute Gasteiger partial charge is 0.133 e. The van der Waals surface area contributed by atoms with Gasteiger partial charge in [0.25, 0.3) is 0 Å². The molecular weight excluding hydrogens is 545 g/mol. The Morgan fingerprint density at radius 3 is 0.977 bits per heavy atom. The molecule has 6 aromatic rings. The summed E-state index contributed by atoms with van der Waals surface area (Å²) in [5, 5.41) is 23.2. The van der Waals surface area contributed by atoms with E-state index in [2.05, 4.69) is 97.1 Å². The van der Waals surface area contributed by atoms with E-state index >= 15 is 0 Å². The van der Waals surface area contributed by atoms with Gasteiger partial charge in [0.1, 0.15) is 11.5 Å². The van der Waals surface area contributed by atoms with Crippen LogP contribution in [0.3, 0.4) is 0 Å². The Labute approximate surface area is 258 Å². The summed E-state index contributed by atoms with van der Waals surface area (Å²) in [4.78, 5) is 1.49. The molecule has 0 fully saturated rings. The molecule has 3 heteroatoms. The van der Waals surface area contributed by atoms with Crippen molar-refractivity contribution in [2.24, 2.45) is 0 Å². The molecule has 0 bridgehead atoms. The van der Waals surface area contributed by atoms with Gasteiger partial charge in [0, 0.05) is 12.8 Å². The highest BCUT2D eigenvalue weighted by Crippen LogP contribution is 2.44. The number of hydrogen-bond acceptors (Lipinski definition) is 3. The maximum Gasteiger partial charge on any atom is 0.133 e. The molecule has 0 aliphatic rings. The van der Waals surface area contributed by atoms with E-state index in [1.54, 1.807) is 0 Å². The molecule has 0 aromatic heterocycles.